The molecule has 0 radical (unpaired) electrons. The molecule has 0 saturated carbocycles. The maximum Gasteiger partial charge on any atom is 0.407 e. The SMILES string of the molecule is COC(=O)N[C@@H](C(=O)N1CCC[C@H]1c1ncc(-c2ccc(-c3ccc4cc(-c5cnc([C@@H]6CCCN6C(=O)[C@H](NC(=O)OC)c6ccccc6)[nH]5)cnc4c3)nc2)[nH]1)c1ccccc1. The van der Waals surface area contributed by atoms with Crippen molar-refractivity contribution in [3.05, 3.63) is 145 Å². The zero-order valence-electron chi connectivity index (χ0n) is 35.2. The summed E-state index contributed by atoms with van der Waals surface area (Å²) in [5.41, 5.74) is 7.06. The number of amides is 4. The van der Waals surface area contributed by atoms with Crippen LogP contribution in [0, 0.1) is 0 Å². The van der Waals surface area contributed by atoms with Crippen LogP contribution in [-0.2, 0) is 19.1 Å². The van der Waals surface area contributed by atoms with Crippen LogP contribution in [0.3, 0.4) is 0 Å². The summed E-state index contributed by atoms with van der Waals surface area (Å²) in [7, 11) is 2.55. The van der Waals surface area contributed by atoms with Crippen LogP contribution in [0.1, 0.15) is 72.6 Å². The third-order valence-electron chi connectivity index (χ3n) is 11.9. The summed E-state index contributed by atoms with van der Waals surface area (Å²) in [6.07, 6.45) is 8.80. The minimum Gasteiger partial charge on any atom is -0.453 e. The van der Waals surface area contributed by atoms with Crippen molar-refractivity contribution < 1.29 is 28.7 Å². The summed E-state index contributed by atoms with van der Waals surface area (Å²) in [6, 6.07) is 27.9. The monoisotopic (exact) mass is 858 g/mol. The van der Waals surface area contributed by atoms with Crippen LogP contribution < -0.4 is 10.6 Å². The second kappa shape index (κ2) is 18.2. The lowest BCUT2D eigenvalue weighted by Gasteiger charge is -2.28. The fraction of sp³-hybridized carbons (Fsp3) is 0.250. The van der Waals surface area contributed by atoms with Crippen LogP contribution in [0.5, 0.6) is 0 Å². The van der Waals surface area contributed by atoms with Gasteiger partial charge in [-0.05, 0) is 61.1 Å². The summed E-state index contributed by atoms with van der Waals surface area (Å²) in [5, 5.41) is 6.35. The van der Waals surface area contributed by atoms with Crippen LogP contribution in [0.15, 0.2) is 122 Å². The number of nitrogens with one attached hydrogen (secondary N) is 4. The third-order valence-corrected chi connectivity index (χ3v) is 11.9. The molecule has 3 aromatic carbocycles. The highest BCUT2D eigenvalue weighted by Gasteiger charge is 2.38. The molecule has 6 heterocycles. The van der Waals surface area contributed by atoms with Crippen molar-refractivity contribution in [3.63, 3.8) is 0 Å². The topological polar surface area (TPSA) is 200 Å². The van der Waals surface area contributed by atoms with Crippen molar-refractivity contribution in [1.29, 1.82) is 0 Å². The van der Waals surface area contributed by atoms with E-state index in [1.165, 1.54) is 14.2 Å². The Hall–Kier alpha value is -7.88. The van der Waals surface area contributed by atoms with Gasteiger partial charge in [0.1, 0.15) is 23.7 Å². The Balaban J connectivity index is 0.875. The molecule has 0 bridgehead atoms. The van der Waals surface area contributed by atoms with Crippen molar-refractivity contribution >= 4 is 34.9 Å². The Morgan fingerprint density at radius 2 is 1.11 bits per heavy atom. The summed E-state index contributed by atoms with van der Waals surface area (Å²) >= 11 is 0. The van der Waals surface area contributed by atoms with E-state index < -0.39 is 24.3 Å². The van der Waals surface area contributed by atoms with Gasteiger partial charge in [0.05, 0.1) is 61.3 Å². The normalized spacial score (nSPS) is 16.9. The van der Waals surface area contributed by atoms with E-state index in [0.717, 1.165) is 70.4 Å². The molecule has 4 N–H and O–H groups in total. The second-order valence-electron chi connectivity index (χ2n) is 15.8. The molecule has 7 aromatic rings. The van der Waals surface area contributed by atoms with Gasteiger partial charge in [0.15, 0.2) is 0 Å². The number of H-pyrrole nitrogens is 2. The number of aromatic amines is 2. The van der Waals surface area contributed by atoms with Gasteiger partial charge in [-0.15, -0.1) is 0 Å². The Morgan fingerprint density at radius 1 is 0.594 bits per heavy atom. The van der Waals surface area contributed by atoms with Crippen molar-refractivity contribution in [2.75, 3.05) is 27.3 Å². The van der Waals surface area contributed by atoms with E-state index >= 15 is 0 Å². The molecule has 2 aliphatic rings. The summed E-state index contributed by atoms with van der Waals surface area (Å²) < 4.78 is 9.66. The van der Waals surface area contributed by atoms with Gasteiger partial charge in [0.25, 0.3) is 11.8 Å². The molecule has 9 rings (SSSR count). The van der Waals surface area contributed by atoms with Gasteiger partial charge >= 0.3 is 12.2 Å². The van der Waals surface area contributed by atoms with E-state index in [2.05, 4.69) is 31.7 Å². The third kappa shape index (κ3) is 8.49. The van der Waals surface area contributed by atoms with E-state index in [0.29, 0.717) is 35.9 Å². The largest absolute Gasteiger partial charge is 0.453 e. The van der Waals surface area contributed by atoms with Crippen LogP contribution in [0.2, 0.25) is 0 Å². The summed E-state index contributed by atoms with van der Waals surface area (Å²) in [5.74, 6) is 0.871. The molecule has 0 unspecified atom stereocenters. The maximum absolute atomic E-state index is 13.9. The highest BCUT2D eigenvalue weighted by Crippen LogP contribution is 2.36. The molecule has 0 aliphatic carbocycles. The Kier molecular flexibility index (Phi) is 11.8. The van der Waals surface area contributed by atoms with Crippen LogP contribution in [0.4, 0.5) is 9.59 Å². The Labute approximate surface area is 368 Å². The minimum absolute atomic E-state index is 0.230. The number of hydrogen-bond donors (Lipinski definition) is 4. The predicted octanol–water partition coefficient (Wildman–Crippen LogP) is 7.60. The van der Waals surface area contributed by atoms with E-state index in [-0.39, 0.29) is 23.9 Å². The minimum atomic E-state index is -0.899. The zero-order chi connectivity index (χ0) is 44.2. The molecule has 4 atom stereocenters. The summed E-state index contributed by atoms with van der Waals surface area (Å²) in [4.78, 5) is 81.7. The fourth-order valence-corrected chi connectivity index (χ4v) is 8.64. The molecule has 324 valence electrons. The number of imidazole rings is 2. The number of rotatable bonds is 11. The molecule has 16 nitrogen and oxygen atoms in total. The van der Waals surface area contributed by atoms with Gasteiger partial charge in [-0.25, -0.2) is 19.6 Å². The molecule has 4 aromatic heterocycles. The van der Waals surface area contributed by atoms with Gasteiger partial charge in [0, 0.05) is 47.6 Å². The molecule has 2 saturated heterocycles. The molecule has 0 spiro atoms. The lowest BCUT2D eigenvalue weighted by Crippen LogP contribution is -2.42. The number of alkyl carbamates (subject to hydrolysis) is 2. The first kappa shape index (κ1) is 41.5. The Morgan fingerprint density at radius 3 is 1.62 bits per heavy atom. The van der Waals surface area contributed by atoms with E-state index in [9.17, 15) is 19.2 Å². The molecular formula is C48H46N10O6. The highest BCUT2D eigenvalue weighted by atomic mass is 16.5. The van der Waals surface area contributed by atoms with Crippen LogP contribution in [-0.4, -0.2) is 91.0 Å². The highest BCUT2D eigenvalue weighted by molar-refractivity contribution is 5.89. The first-order valence-corrected chi connectivity index (χ1v) is 21.1. The van der Waals surface area contributed by atoms with Gasteiger partial charge < -0.3 is 39.9 Å². The predicted molar refractivity (Wildman–Crippen MR) is 237 cm³/mol. The molecule has 64 heavy (non-hydrogen) atoms. The van der Waals surface area contributed by atoms with Gasteiger partial charge in [-0.2, -0.15) is 0 Å². The Bertz CT molecular complexity index is 2790. The van der Waals surface area contributed by atoms with E-state index in [1.54, 1.807) is 34.6 Å². The lowest BCUT2D eigenvalue weighted by molar-refractivity contribution is -0.135. The average molecular weight is 859 g/mol. The average Bonchev–Trinajstić information content (AvgIpc) is 4.20. The van der Waals surface area contributed by atoms with E-state index in [4.69, 9.17) is 24.4 Å². The fourth-order valence-electron chi connectivity index (χ4n) is 8.64. The number of aromatic nitrogens is 6. The van der Waals surface area contributed by atoms with Gasteiger partial charge in [-0.1, -0.05) is 72.8 Å². The number of benzene rings is 3. The van der Waals surface area contributed by atoms with Gasteiger partial charge in [0.2, 0.25) is 0 Å². The number of carbonyl (C=O) groups excluding carboxylic acids is 4. The number of carbonyl (C=O) groups is 4. The number of nitrogens with zero attached hydrogens (tertiary/aromatic N) is 6. The molecule has 2 aliphatic heterocycles. The smallest absolute Gasteiger partial charge is 0.407 e. The first-order chi connectivity index (χ1) is 31.3. The van der Waals surface area contributed by atoms with Crippen molar-refractivity contribution in [2.24, 2.45) is 0 Å². The lowest BCUT2D eigenvalue weighted by atomic mass is 10.0. The quantitative estimate of drug-likeness (QED) is 0.100. The molecule has 2 fully saturated rings. The summed E-state index contributed by atoms with van der Waals surface area (Å²) in [6.45, 7) is 1.07. The van der Waals surface area contributed by atoms with Crippen LogP contribution >= 0.6 is 0 Å². The van der Waals surface area contributed by atoms with Crippen molar-refractivity contribution in [1.82, 2.24) is 50.3 Å². The number of pyridine rings is 2. The number of hydrogen-bond acceptors (Lipinski definition) is 10. The van der Waals surface area contributed by atoms with Crippen molar-refractivity contribution in [3.8, 4) is 33.8 Å². The number of fused-ring (bicyclic) bond motifs is 1. The molecule has 16 heteroatoms. The standard InChI is InChI=1S/C48H46N10O6/c1-63-47(61)55-41(29-11-5-3-6-12-29)45(59)57-21-9-15-39(57)43-51-27-37(53-43)33-19-20-35(49-25-33)32-18-17-31-23-34(26-50-36(31)24-32)38-28-52-44(54-38)40-16-10-22-58(40)46(60)42(56-48(62)64-2)30-13-7-4-8-14-30/h3-8,11-14,17-20,23-28,39-42H,9-10,15-16,21-22H2,1-2H3,(H,51,53)(H,52,54)(H,55,61)(H,56,62)/t39-,40-,41+,42+/m0/s1. The van der Waals surface area contributed by atoms with E-state index in [1.807, 2.05) is 91.0 Å². The number of methoxy groups -OCH3 is 2. The van der Waals surface area contributed by atoms with Gasteiger partial charge in [-0.3, -0.25) is 19.6 Å². The first-order valence-electron chi connectivity index (χ1n) is 21.1. The number of ether oxygens (including phenoxy) is 2. The second-order valence-corrected chi connectivity index (χ2v) is 15.8. The molecule has 4 amide bonds. The molecular weight excluding hydrogens is 813 g/mol. The zero-order valence-corrected chi connectivity index (χ0v) is 35.2. The number of likely N-dealkylation sites (tertiary alicyclic amines) is 2. The maximum atomic E-state index is 13.9. The van der Waals surface area contributed by atoms with Crippen molar-refractivity contribution in [2.45, 2.75) is 49.9 Å². The van der Waals surface area contributed by atoms with Crippen LogP contribution in [0.25, 0.3) is 44.7 Å².